The first-order valence-corrected chi connectivity index (χ1v) is 11.3. The van der Waals surface area contributed by atoms with Crippen LogP contribution in [0.2, 0.25) is 0 Å². The zero-order chi connectivity index (χ0) is 23.1. The lowest BCUT2D eigenvalue weighted by Gasteiger charge is -2.37. The van der Waals surface area contributed by atoms with Crippen LogP contribution >= 0.6 is 8.09 Å². The van der Waals surface area contributed by atoms with Crippen molar-refractivity contribution in [2.75, 3.05) is 20.3 Å². The SMILES string of the molecule is COC(=O)CCNC(=O)[C@@H]1O[P+](O)(N[C@H](C)C(=O)OCc2cccnc2)OCC1(C)C. The van der Waals surface area contributed by atoms with Gasteiger partial charge in [0.05, 0.1) is 13.5 Å². The number of carbonyl (C=O) groups excluding carboxylic acids is 3. The highest BCUT2D eigenvalue weighted by atomic mass is 31.2. The Hall–Kier alpha value is -2.17. The minimum absolute atomic E-state index is 0.00333. The van der Waals surface area contributed by atoms with Gasteiger partial charge in [0.2, 0.25) is 0 Å². The van der Waals surface area contributed by atoms with E-state index in [1.54, 1.807) is 38.4 Å². The second kappa shape index (κ2) is 10.9. The molecule has 172 valence electrons. The molecule has 1 fully saturated rings. The van der Waals surface area contributed by atoms with Gasteiger partial charge in [-0.1, -0.05) is 19.9 Å². The van der Waals surface area contributed by atoms with Crippen molar-refractivity contribution in [2.45, 2.75) is 45.9 Å². The third kappa shape index (κ3) is 7.48. The number of amides is 1. The molecule has 3 atom stereocenters. The van der Waals surface area contributed by atoms with Crippen LogP contribution in [0.4, 0.5) is 0 Å². The summed E-state index contributed by atoms with van der Waals surface area (Å²) >= 11 is 0. The van der Waals surface area contributed by atoms with Crippen LogP contribution in [0.25, 0.3) is 0 Å². The first-order chi connectivity index (χ1) is 14.6. The summed E-state index contributed by atoms with van der Waals surface area (Å²) in [6.45, 7) is 5.07. The molecular weight excluding hydrogens is 429 g/mol. The Bertz CT molecular complexity index is 779. The molecule has 0 saturated carbocycles. The molecule has 0 spiro atoms. The molecule has 1 aliphatic rings. The molecule has 1 aromatic rings. The maximum Gasteiger partial charge on any atom is 0.500 e. The van der Waals surface area contributed by atoms with Gasteiger partial charge in [-0.05, 0) is 13.0 Å². The summed E-state index contributed by atoms with van der Waals surface area (Å²) in [4.78, 5) is 50.8. The summed E-state index contributed by atoms with van der Waals surface area (Å²) in [5.41, 5.74) is -0.0417. The molecule has 0 aromatic carbocycles. The molecular formula is C19H29N3O8P+. The second-order valence-corrected chi connectivity index (χ2v) is 9.47. The van der Waals surface area contributed by atoms with Crippen molar-refractivity contribution in [2.24, 2.45) is 5.41 Å². The molecule has 1 aliphatic heterocycles. The normalized spacial score (nSPS) is 23.5. The molecule has 2 rings (SSSR count). The van der Waals surface area contributed by atoms with E-state index in [0.29, 0.717) is 5.56 Å². The predicted molar refractivity (Wildman–Crippen MR) is 110 cm³/mol. The van der Waals surface area contributed by atoms with Crippen LogP contribution in [-0.2, 0) is 39.5 Å². The van der Waals surface area contributed by atoms with Crippen molar-refractivity contribution in [1.82, 2.24) is 15.4 Å². The van der Waals surface area contributed by atoms with Gasteiger partial charge < -0.3 is 14.8 Å². The maximum atomic E-state index is 12.6. The number of nitrogens with one attached hydrogen (secondary N) is 2. The Morgan fingerprint density at radius 3 is 2.81 bits per heavy atom. The quantitative estimate of drug-likeness (QED) is 0.360. The lowest BCUT2D eigenvalue weighted by atomic mass is 9.87. The number of esters is 2. The van der Waals surface area contributed by atoms with Crippen LogP contribution in [0.5, 0.6) is 0 Å². The smallest absolute Gasteiger partial charge is 0.469 e. The van der Waals surface area contributed by atoms with Crippen LogP contribution in [-0.4, -0.2) is 60.1 Å². The first kappa shape index (κ1) is 25.1. The predicted octanol–water partition coefficient (Wildman–Crippen LogP) is 0.894. The van der Waals surface area contributed by atoms with E-state index < -0.39 is 43.5 Å². The fraction of sp³-hybridized carbons (Fsp3) is 0.579. The van der Waals surface area contributed by atoms with Gasteiger partial charge >= 0.3 is 20.0 Å². The Morgan fingerprint density at radius 1 is 1.42 bits per heavy atom. The summed E-state index contributed by atoms with van der Waals surface area (Å²) < 4.78 is 20.8. The van der Waals surface area contributed by atoms with Crippen LogP contribution in [0, 0.1) is 5.41 Å². The van der Waals surface area contributed by atoms with Gasteiger partial charge in [0.15, 0.2) is 6.10 Å². The van der Waals surface area contributed by atoms with E-state index in [-0.39, 0.29) is 26.2 Å². The Labute approximate surface area is 181 Å². The van der Waals surface area contributed by atoms with E-state index in [4.69, 9.17) is 13.8 Å². The van der Waals surface area contributed by atoms with E-state index in [1.165, 1.54) is 14.0 Å². The van der Waals surface area contributed by atoms with Gasteiger partial charge in [-0.25, -0.2) is 0 Å². The largest absolute Gasteiger partial charge is 0.500 e. The summed E-state index contributed by atoms with van der Waals surface area (Å²) in [5, 5.41) is 5.20. The molecule has 31 heavy (non-hydrogen) atoms. The van der Waals surface area contributed by atoms with Gasteiger partial charge in [0, 0.05) is 29.9 Å². The number of ether oxygens (including phenoxy) is 2. The van der Waals surface area contributed by atoms with Gasteiger partial charge in [-0.15, -0.1) is 9.61 Å². The Morgan fingerprint density at radius 2 is 2.16 bits per heavy atom. The molecule has 11 nitrogen and oxygen atoms in total. The molecule has 1 saturated heterocycles. The molecule has 1 amide bonds. The molecule has 2 heterocycles. The molecule has 0 bridgehead atoms. The van der Waals surface area contributed by atoms with E-state index in [2.05, 4.69) is 20.1 Å². The standard InChI is InChI=1S/C19H28N3O8P/c1-13(18(25)28-11-14-6-5-8-20-10-14)22-31(26)29-12-19(2,3)16(30-31)17(24)21-9-7-15(23)27-4/h5-6,8,10,13,16,22,26H,7,9,11-12H2,1-4H3/p+1/t13-,16+,31?/m1/s1. The van der Waals surface area contributed by atoms with E-state index in [0.717, 1.165) is 0 Å². The lowest BCUT2D eigenvalue weighted by Crippen LogP contribution is -2.52. The van der Waals surface area contributed by atoms with Crippen LogP contribution in [0.1, 0.15) is 32.8 Å². The number of aromatic nitrogens is 1. The summed E-state index contributed by atoms with van der Waals surface area (Å²) in [7, 11) is -2.47. The zero-order valence-corrected chi connectivity index (χ0v) is 18.9. The second-order valence-electron chi connectivity index (χ2n) is 7.70. The fourth-order valence-corrected chi connectivity index (χ4v) is 4.62. The Balaban J connectivity index is 1.93. The fourth-order valence-electron chi connectivity index (χ4n) is 2.66. The summed E-state index contributed by atoms with van der Waals surface area (Å²) in [6.07, 6.45) is 2.12. The van der Waals surface area contributed by atoms with Crippen LogP contribution in [0.3, 0.4) is 0 Å². The summed E-state index contributed by atoms with van der Waals surface area (Å²) in [6, 6.07) is 2.53. The van der Waals surface area contributed by atoms with Crippen molar-refractivity contribution in [3.05, 3.63) is 30.1 Å². The third-order valence-corrected chi connectivity index (χ3v) is 6.17. The highest BCUT2D eigenvalue weighted by Gasteiger charge is 2.58. The van der Waals surface area contributed by atoms with Crippen molar-refractivity contribution < 1.29 is 37.8 Å². The topological polar surface area (TPSA) is 145 Å². The number of hydrogen-bond donors (Lipinski definition) is 3. The van der Waals surface area contributed by atoms with Crippen molar-refractivity contribution >= 4 is 25.9 Å². The number of nitrogens with zero attached hydrogens (tertiary/aromatic N) is 1. The average molecular weight is 458 g/mol. The van der Waals surface area contributed by atoms with E-state index in [1.807, 2.05) is 0 Å². The van der Waals surface area contributed by atoms with Crippen LogP contribution < -0.4 is 10.4 Å². The van der Waals surface area contributed by atoms with Gasteiger partial charge in [-0.2, -0.15) is 9.42 Å². The van der Waals surface area contributed by atoms with Crippen molar-refractivity contribution in [1.29, 1.82) is 0 Å². The van der Waals surface area contributed by atoms with Crippen molar-refractivity contribution in [3.63, 3.8) is 0 Å². The van der Waals surface area contributed by atoms with E-state index >= 15 is 0 Å². The Kier molecular flexibility index (Phi) is 8.84. The molecule has 12 heteroatoms. The average Bonchev–Trinajstić information content (AvgIpc) is 2.74. The number of hydrogen-bond acceptors (Lipinski definition) is 10. The number of rotatable bonds is 9. The van der Waals surface area contributed by atoms with Gasteiger partial charge in [-0.3, -0.25) is 19.4 Å². The lowest BCUT2D eigenvalue weighted by molar-refractivity contribution is -0.147. The molecule has 0 radical (unpaired) electrons. The van der Waals surface area contributed by atoms with Gasteiger partial charge in [0.25, 0.3) is 5.91 Å². The first-order valence-electron chi connectivity index (χ1n) is 9.69. The highest BCUT2D eigenvalue weighted by molar-refractivity contribution is 7.58. The minimum Gasteiger partial charge on any atom is -0.469 e. The molecule has 0 aliphatic carbocycles. The third-order valence-electron chi connectivity index (χ3n) is 4.48. The van der Waals surface area contributed by atoms with Crippen molar-refractivity contribution in [3.8, 4) is 0 Å². The molecule has 1 unspecified atom stereocenters. The van der Waals surface area contributed by atoms with Gasteiger partial charge in [0.1, 0.15) is 19.3 Å². The number of methoxy groups -OCH3 is 1. The maximum absolute atomic E-state index is 12.6. The summed E-state index contributed by atoms with van der Waals surface area (Å²) in [5.74, 6) is -1.60. The minimum atomic E-state index is -3.73. The molecule has 1 aromatic heterocycles. The molecule has 3 N–H and O–H groups in total. The number of pyridine rings is 1. The zero-order valence-electron chi connectivity index (χ0n) is 18.0. The van der Waals surface area contributed by atoms with E-state index in [9.17, 15) is 19.3 Å². The monoisotopic (exact) mass is 458 g/mol. The highest BCUT2D eigenvalue weighted by Crippen LogP contribution is 2.60. The number of carbonyl (C=O) groups is 3. The van der Waals surface area contributed by atoms with Crippen LogP contribution in [0.15, 0.2) is 24.5 Å².